The molecule has 0 radical (unpaired) electrons. The summed E-state index contributed by atoms with van der Waals surface area (Å²) in [6, 6.07) is 4.57. The number of methoxy groups -OCH3 is 1. The largest absolute Gasteiger partial charge is 0.496 e. The topological polar surface area (TPSA) is 75.8 Å². The highest BCUT2D eigenvalue weighted by Gasteiger charge is 2.22. The molecule has 1 aliphatic rings. The second kappa shape index (κ2) is 5.32. The van der Waals surface area contributed by atoms with Crippen LogP contribution in [0.25, 0.3) is 0 Å². The van der Waals surface area contributed by atoms with Gasteiger partial charge in [-0.2, -0.15) is 0 Å². The van der Waals surface area contributed by atoms with Crippen LogP contribution in [0.4, 0.5) is 5.69 Å². The third-order valence-corrected chi connectivity index (χ3v) is 3.12. The minimum absolute atomic E-state index is 0.0607. The van der Waals surface area contributed by atoms with Gasteiger partial charge in [-0.05, 0) is 12.5 Å². The number of rotatable bonds is 4. The molecule has 1 N–H and O–H groups in total. The van der Waals surface area contributed by atoms with Gasteiger partial charge in [-0.15, -0.1) is 0 Å². The van der Waals surface area contributed by atoms with Gasteiger partial charge in [0.25, 0.3) is 5.69 Å². The average Bonchev–Trinajstić information content (AvgIpc) is 2.74. The van der Waals surface area contributed by atoms with Crippen LogP contribution in [0.5, 0.6) is 5.75 Å². The molecule has 1 aromatic carbocycles. The van der Waals surface area contributed by atoms with Crippen LogP contribution in [-0.2, 0) is 6.54 Å². The predicted molar refractivity (Wildman–Crippen MR) is 65.5 cm³/mol. The lowest BCUT2D eigenvalue weighted by Crippen LogP contribution is -2.21. The van der Waals surface area contributed by atoms with Crippen LogP contribution < -0.4 is 4.74 Å². The Labute approximate surface area is 105 Å². The number of non-ortho nitro benzene ring substituents is 1. The van der Waals surface area contributed by atoms with Gasteiger partial charge in [0.1, 0.15) is 5.75 Å². The van der Waals surface area contributed by atoms with Crippen molar-refractivity contribution in [2.45, 2.75) is 19.1 Å². The normalized spacial score (nSPS) is 20.0. The Morgan fingerprint density at radius 3 is 2.94 bits per heavy atom. The number of benzene rings is 1. The number of nitro benzene ring substituents is 1. The zero-order chi connectivity index (χ0) is 13.1. The molecule has 1 fully saturated rings. The van der Waals surface area contributed by atoms with Crippen LogP contribution in [-0.4, -0.2) is 41.2 Å². The summed E-state index contributed by atoms with van der Waals surface area (Å²) >= 11 is 0. The summed E-state index contributed by atoms with van der Waals surface area (Å²) in [5.41, 5.74) is 0.839. The third kappa shape index (κ3) is 2.77. The molecule has 6 heteroatoms. The van der Waals surface area contributed by atoms with Crippen molar-refractivity contribution < 1.29 is 14.8 Å². The van der Waals surface area contributed by atoms with Crippen molar-refractivity contribution in [3.8, 4) is 5.75 Å². The van der Waals surface area contributed by atoms with Crippen LogP contribution in [0.2, 0.25) is 0 Å². The van der Waals surface area contributed by atoms with E-state index in [0.29, 0.717) is 18.8 Å². The van der Waals surface area contributed by atoms with E-state index in [0.717, 1.165) is 18.5 Å². The van der Waals surface area contributed by atoms with E-state index in [1.165, 1.54) is 12.1 Å². The van der Waals surface area contributed by atoms with E-state index in [4.69, 9.17) is 4.74 Å². The van der Waals surface area contributed by atoms with Gasteiger partial charge in [0.05, 0.1) is 18.1 Å². The van der Waals surface area contributed by atoms with Crippen LogP contribution in [0.1, 0.15) is 12.0 Å². The van der Waals surface area contributed by atoms with Gasteiger partial charge in [0, 0.05) is 37.3 Å². The molecule has 1 aromatic rings. The fourth-order valence-corrected chi connectivity index (χ4v) is 2.20. The van der Waals surface area contributed by atoms with Crippen molar-refractivity contribution in [3.63, 3.8) is 0 Å². The molecule has 0 saturated carbocycles. The summed E-state index contributed by atoms with van der Waals surface area (Å²) in [7, 11) is 1.55. The summed E-state index contributed by atoms with van der Waals surface area (Å²) in [6.45, 7) is 1.96. The number of aliphatic hydroxyl groups is 1. The first-order valence-corrected chi connectivity index (χ1v) is 5.82. The second-order valence-electron chi connectivity index (χ2n) is 4.43. The van der Waals surface area contributed by atoms with Gasteiger partial charge in [-0.1, -0.05) is 0 Å². The smallest absolute Gasteiger partial charge is 0.270 e. The van der Waals surface area contributed by atoms with E-state index in [2.05, 4.69) is 4.90 Å². The molecule has 0 bridgehead atoms. The zero-order valence-corrected chi connectivity index (χ0v) is 10.2. The molecule has 2 rings (SSSR count). The van der Waals surface area contributed by atoms with Gasteiger partial charge in [0.15, 0.2) is 0 Å². The number of likely N-dealkylation sites (tertiary alicyclic amines) is 1. The molecule has 6 nitrogen and oxygen atoms in total. The maximum atomic E-state index is 10.8. The molecule has 1 saturated heterocycles. The van der Waals surface area contributed by atoms with Crippen LogP contribution in [0.3, 0.4) is 0 Å². The van der Waals surface area contributed by atoms with Gasteiger partial charge in [-0.3, -0.25) is 15.0 Å². The maximum Gasteiger partial charge on any atom is 0.270 e. The number of nitro groups is 1. The average molecular weight is 252 g/mol. The van der Waals surface area contributed by atoms with Gasteiger partial charge < -0.3 is 9.84 Å². The highest BCUT2D eigenvalue weighted by atomic mass is 16.6. The second-order valence-corrected chi connectivity index (χ2v) is 4.43. The lowest BCUT2D eigenvalue weighted by atomic mass is 10.1. The summed E-state index contributed by atoms with van der Waals surface area (Å²) in [6.07, 6.45) is 0.451. The third-order valence-electron chi connectivity index (χ3n) is 3.12. The van der Waals surface area contributed by atoms with Crippen molar-refractivity contribution in [1.82, 2.24) is 4.90 Å². The lowest BCUT2D eigenvalue weighted by Gasteiger charge is -2.16. The maximum absolute atomic E-state index is 10.8. The van der Waals surface area contributed by atoms with E-state index in [1.54, 1.807) is 13.2 Å². The fraction of sp³-hybridized carbons (Fsp3) is 0.500. The SMILES string of the molecule is COc1ccc([N+](=O)[O-])cc1CN1CCC(O)C1. The minimum atomic E-state index is -0.415. The Hall–Kier alpha value is -1.66. The van der Waals surface area contributed by atoms with Gasteiger partial charge in [-0.25, -0.2) is 0 Å². The summed E-state index contributed by atoms with van der Waals surface area (Å²) < 4.78 is 5.21. The van der Waals surface area contributed by atoms with Crippen molar-refractivity contribution in [2.24, 2.45) is 0 Å². The van der Waals surface area contributed by atoms with E-state index in [9.17, 15) is 15.2 Å². The molecule has 1 atom stereocenters. The molecule has 18 heavy (non-hydrogen) atoms. The Bertz CT molecular complexity index is 450. The molecular weight excluding hydrogens is 236 g/mol. The molecule has 1 aliphatic heterocycles. The van der Waals surface area contributed by atoms with Gasteiger partial charge >= 0.3 is 0 Å². The number of ether oxygens (including phenoxy) is 1. The molecule has 0 aromatic heterocycles. The Kier molecular flexibility index (Phi) is 3.78. The summed E-state index contributed by atoms with van der Waals surface area (Å²) in [5, 5.41) is 20.2. The first-order chi connectivity index (χ1) is 8.60. The van der Waals surface area contributed by atoms with Crippen molar-refractivity contribution >= 4 is 5.69 Å². The highest BCUT2D eigenvalue weighted by Crippen LogP contribution is 2.26. The van der Waals surface area contributed by atoms with E-state index < -0.39 is 4.92 Å². The molecule has 98 valence electrons. The fourth-order valence-electron chi connectivity index (χ4n) is 2.20. The quantitative estimate of drug-likeness (QED) is 0.643. The molecule has 0 spiro atoms. The molecule has 1 unspecified atom stereocenters. The Balaban J connectivity index is 2.18. The standard InChI is InChI=1S/C12H16N2O4/c1-18-12-3-2-10(14(16)17)6-9(12)7-13-5-4-11(15)8-13/h2-3,6,11,15H,4-5,7-8H2,1H3. The number of hydrogen-bond donors (Lipinski definition) is 1. The number of nitrogens with zero attached hydrogens (tertiary/aromatic N) is 2. The van der Waals surface area contributed by atoms with Crippen molar-refractivity contribution in [1.29, 1.82) is 0 Å². The first kappa shape index (κ1) is 12.8. The van der Waals surface area contributed by atoms with Crippen LogP contribution >= 0.6 is 0 Å². The zero-order valence-electron chi connectivity index (χ0n) is 10.2. The van der Waals surface area contributed by atoms with Crippen molar-refractivity contribution in [3.05, 3.63) is 33.9 Å². The minimum Gasteiger partial charge on any atom is -0.496 e. The van der Waals surface area contributed by atoms with Crippen molar-refractivity contribution in [2.75, 3.05) is 20.2 Å². The predicted octanol–water partition coefficient (Wildman–Crippen LogP) is 1.17. The number of β-amino-alcohol motifs (C(OH)–C–C–N with tert-alkyl or cyclic N) is 1. The van der Waals surface area contributed by atoms with E-state index >= 15 is 0 Å². The summed E-state index contributed by atoms with van der Waals surface area (Å²) in [4.78, 5) is 12.4. The number of aliphatic hydroxyl groups excluding tert-OH is 1. The Morgan fingerprint density at radius 2 is 2.39 bits per heavy atom. The summed E-state index contributed by atoms with van der Waals surface area (Å²) in [5.74, 6) is 0.641. The van der Waals surface area contributed by atoms with Gasteiger partial charge in [0.2, 0.25) is 0 Å². The molecule has 0 amide bonds. The molecular formula is C12H16N2O4. The van der Waals surface area contributed by atoms with E-state index in [-0.39, 0.29) is 11.8 Å². The van der Waals surface area contributed by atoms with Crippen LogP contribution in [0.15, 0.2) is 18.2 Å². The number of hydrogen-bond acceptors (Lipinski definition) is 5. The molecule has 0 aliphatic carbocycles. The van der Waals surface area contributed by atoms with Crippen LogP contribution in [0, 0.1) is 10.1 Å². The Morgan fingerprint density at radius 1 is 1.61 bits per heavy atom. The highest BCUT2D eigenvalue weighted by molar-refractivity contribution is 5.43. The monoisotopic (exact) mass is 252 g/mol. The van der Waals surface area contributed by atoms with E-state index in [1.807, 2.05) is 0 Å². The first-order valence-electron chi connectivity index (χ1n) is 5.82. The molecule has 1 heterocycles. The lowest BCUT2D eigenvalue weighted by molar-refractivity contribution is -0.384.